The summed E-state index contributed by atoms with van der Waals surface area (Å²) < 4.78 is 48.1. The standard InChI is InChI=1S/C24H26FN3O4S/c1-3-32-24(29)21-16-22(18-8-10-19(25)11-9-18)28(26-21)20-12-14-27(15-13-20)33(30,31)23-7-5-4-6-17(23)2/h4-11,16,20H,3,12-15H2,1-2H3. The van der Waals surface area contributed by atoms with E-state index in [9.17, 15) is 17.6 Å². The maximum Gasteiger partial charge on any atom is 0.358 e. The van der Waals surface area contributed by atoms with Gasteiger partial charge in [0.05, 0.1) is 23.2 Å². The lowest BCUT2D eigenvalue weighted by Crippen LogP contribution is -2.39. The van der Waals surface area contributed by atoms with Gasteiger partial charge in [0.25, 0.3) is 0 Å². The second-order valence-electron chi connectivity index (χ2n) is 7.99. The molecule has 0 N–H and O–H groups in total. The molecule has 2 aromatic carbocycles. The van der Waals surface area contributed by atoms with Crippen LogP contribution in [0.15, 0.2) is 59.5 Å². The van der Waals surface area contributed by atoms with E-state index in [0.29, 0.717) is 42.1 Å². The van der Waals surface area contributed by atoms with E-state index in [-0.39, 0.29) is 24.2 Å². The maximum absolute atomic E-state index is 13.5. The van der Waals surface area contributed by atoms with Crippen LogP contribution in [0, 0.1) is 12.7 Å². The monoisotopic (exact) mass is 471 g/mol. The predicted molar refractivity (Wildman–Crippen MR) is 122 cm³/mol. The van der Waals surface area contributed by atoms with Crippen LogP contribution < -0.4 is 0 Å². The Hall–Kier alpha value is -3.04. The van der Waals surface area contributed by atoms with Crippen LogP contribution in [0.5, 0.6) is 0 Å². The zero-order valence-corrected chi connectivity index (χ0v) is 19.4. The van der Waals surface area contributed by atoms with Crippen LogP contribution in [0.25, 0.3) is 11.3 Å². The van der Waals surface area contributed by atoms with Gasteiger partial charge in [-0.25, -0.2) is 17.6 Å². The Morgan fingerprint density at radius 3 is 2.42 bits per heavy atom. The number of sulfonamides is 1. The van der Waals surface area contributed by atoms with Crippen LogP contribution in [0.2, 0.25) is 0 Å². The molecule has 0 bridgehead atoms. The lowest BCUT2D eigenvalue weighted by atomic mass is 10.1. The number of carbonyl (C=O) groups excluding carboxylic acids is 1. The number of nitrogens with zero attached hydrogens (tertiary/aromatic N) is 3. The number of hydrogen-bond donors (Lipinski definition) is 0. The third-order valence-corrected chi connectivity index (χ3v) is 7.90. The number of piperidine rings is 1. The van der Waals surface area contributed by atoms with Gasteiger partial charge in [-0.2, -0.15) is 9.40 Å². The van der Waals surface area contributed by atoms with E-state index >= 15 is 0 Å². The molecule has 1 saturated heterocycles. The van der Waals surface area contributed by atoms with Crippen LogP contribution in [0.1, 0.15) is 41.9 Å². The fourth-order valence-electron chi connectivity index (χ4n) is 4.13. The molecule has 0 spiro atoms. The number of hydrogen-bond acceptors (Lipinski definition) is 5. The van der Waals surface area contributed by atoms with Crippen LogP contribution in [-0.2, 0) is 14.8 Å². The van der Waals surface area contributed by atoms with Crippen molar-refractivity contribution in [3.05, 3.63) is 71.7 Å². The molecule has 1 aliphatic heterocycles. The Morgan fingerprint density at radius 2 is 1.79 bits per heavy atom. The van der Waals surface area contributed by atoms with E-state index in [2.05, 4.69) is 5.10 Å². The summed E-state index contributed by atoms with van der Waals surface area (Å²) in [6, 6.07) is 14.5. The van der Waals surface area contributed by atoms with E-state index in [1.807, 2.05) is 6.07 Å². The molecule has 0 amide bonds. The summed E-state index contributed by atoms with van der Waals surface area (Å²) in [5.41, 5.74) is 2.27. The largest absolute Gasteiger partial charge is 0.461 e. The third kappa shape index (κ3) is 4.69. The number of esters is 1. The number of ether oxygens (including phenoxy) is 1. The molecular formula is C24H26FN3O4S. The topological polar surface area (TPSA) is 81.5 Å². The highest BCUT2D eigenvalue weighted by Crippen LogP contribution is 2.32. The Kier molecular flexibility index (Phi) is 6.62. The molecule has 33 heavy (non-hydrogen) atoms. The fraction of sp³-hybridized carbons (Fsp3) is 0.333. The van der Waals surface area contributed by atoms with Crippen molar-refractivity contribution in [3.63, 3.8) is 0 Å². The van der Waals surface area contributed by atoms with E-state index in [1.165, 1.54) is 16.4 Å². The van der Waals surface area contributed by atoms with E-state index < -0.39 is 16.0 Å². The van der Waals surface area contributed by atoms with Crippen molar-refractivity contribution in [3.8, 4) is 11.3 Å². The molecule has 174 valence electrons. The van der Waals surface area contributed by atoms with Crippen molar-refractivity contribution in [1.29, 1.82) is 0 Å². The number of aryl methyl sites for hydroxylation is 1. The van der Waals surface area contributed by atoms with E-state index in [4.69, 9.17) is 4.74 Å². The van der Waals surface area contributed by atoms with Crippen LogP contribution in [-0.4, -0.2) is 48.2 Å². The molecule has 0 atom stereocenters. The first-order valence-electron chi connectivity index (χ1n) is 10.9. The van der Waals surface area contributed by atoms with E-state index in [0.717, 1.165) is 5.56 Å². The lowest BCUT2D eigenvalue weighted by molar-refractivity contribution is 0.0517. The molecule has 3 aromatic rings. The van der Waals surface area contributed by atoms with Gasteiger partial charge in [-0.15, -0.1) is 0 Å². The van der Waals surface area contributed by atoms with Gasteiger partial charge in [-0.3, -0.25) is 4.68 Å². The minimum absolute atomic E-state index is 0.114. The van der Waals surface area contributed by atoms with E-state index in [1.54, 1.807) is 54.9 Å². The van der Waals surface area contributed by atoms with Crippen molar-refractivity contribution in [1.82, 2.24) is 14.1 Å². The summed E-state index contributed by atoms with van der Waals surface area (Å²) >= 11 is 0. The first-order chi connectivity index (χ1) is 15.8. The highest BCUT2D eigenvalue weighted by molar-refractivity contribution is 7.89. The molecule has 1 aliphatic rings. The summed E-state index contributed by atoms with van der Waals surface area (Å²) in [7, 11) is -3.59. The Labute approximate surface area is 192 Å². The van der Waals surface area contributed by atoms with Crippen molar-refractivity contribution >= 4 is 16.0 Å². The summed E-state index contributed by atoms with van der Waals surface area (Å²) in [6.45, 7) is 4.40. The minimum Gasteiger partial charge on any atom is -0.461 e. The normalized spacial score (nSPS) is 15.5. The molecule has 9 heteroatoms. The molecule has 4 rings (SSSR count). The average molecular weight is 472 g/mol. The third-order valence-electron chi connectivity index (χ3n) is 5.84. The molecule has 0 radical (unpaired) electrons. The van der Waals surface area contributed by atoms with Crippen LogP contribution in [0.3, 0.4) is 0 Å². The zero-order chi connectivity index (χ0) is 23.6. The van der Waals surface area contributed by atoms with Gasteiger partial charge in [-0.1, -0.05) is 18.2 Å². The van der Waals surface area contributed by atoms with Gasteiger partial charge in [-0.05, 0) is 68.7 Å². The summed E-state index contributed by atoms with van der Waals surface area (Å²) in [4.78, 5) is 12.6. The lowest BCUT2D eigenvalue weighted by Gasteiger charge is -2.32. The average Bonchev–Trinajstić information content (AvgIpc) is 3.26. The molecule has 0 saturated carbocycles. The van der Waals surface area contributed by atoms with Gasteiger partial charge in [0.2, 0.25) is 10.0 Å². The number of benzene rings is 2. The molecule has 7 nitrogen and oxygen atoms in total. The van der Waals surface area contributed by atoms with Crippen molar-refractivity contribution < 1.29 is 22.3 Å². The SMILES string of the molecule is CCOC(=O)c1cc(-c2ccc(F)cc2)n(C2CCN(S(=O)(=O)c3ccccc3C)CC2)n1. The smallest absolute Gasteiger partial charge is 0.358 e. The molecular weight excluding hydrogens is 445 g/mol. The van der Waals surface area contributed by atoms with Crippen molar-refractivity contribution in [2.24, 2.45) is 0 Å². The fourth-order valence-corrected chi connectivity index (χ4v) is 5.82. The van der Waals surface area contributed by atoms with Gasteiger partial charge >= 0.3 is 5.97 Å². The summed E-state index contributed by atoms with van der Waals surface area (Å²) in [6.07, 6.45) is 1.06. The zero-order valence-electron chi connectivity index (χ0n) is 18.6. The second kappa shape index (κ2) is 9.44. The van der Waals surface area contributed by atoms with Gasteiger partial charge < -0.3 is 4.74 Å². The van der Waals surface area contributed by atoms with Gasteiger partial charge in [0, 0.05) is 18.7 Å². The Bertz CT molecular complexity index is 1250. The molecule has 2 heterocycles. The summed E-state index contributed by atoms with van der Waals surface area (Å²) in [5.74, 6) is -0.885. The first-order valence-corrected chi connectivity index (χ1v) is 12.3. The van der Waals surface area contributed by atoms with Crippen molar-refractivity contribution in [2.45, 2.75) is 37.6 Å². The number of halogens is 1. The van der Waals surface area contributed by atoms with Crippen molar-refractivity contribution in [2.75, 3.05) is 19.7 Å². The Morgan fingerprint density at radius 1 is 1.12 bits per heavy atom. The predicted octanol–water partition coefficient (Wildman–Crippen LogP) is 4.20. The first kappa shape index (κ1) is 23.1. The number of rotatable bonds is 6. The van der Waals surface area contributed by atoms with Gasteiger partial charge in [0.15, 0.2) is 5.69 Å². The molecule has 0 unspecified atom stereocenters. The van der Waals surface area contributed by atoms with Crippen LogP contribution in [0.4, 0.5) is 4.39 Å². The molecule has 1 fully saturated rings. The highest BCUT2D eigenvalue weighted by atomic mass is 32.2. The highest BCUT2D eigenvalue weighted by Gasteiger charge is 2.32. The minimum atomic E-state index is -3.59. The second-order valence-corrected chi connectivity index (χ2v) is 9.89. The van der Waals surface area contributed by atoms with Crippen LogP contribution >= 0.6 is 0 Å². The van der Waals surface area contributed by atoms with Gasteiger partial charge in [0.1, 0.15) is 5.82 Å². The Balaban J connectivity index is 1.60. The maximum atomic E-state index is 13.5. The number of aromatic nitrogens is 2. The molecule has 1 aromatic heterocycles. The molecule has 0 aliphatic carbocycles. The quantitative estimate of drug-likeness (QED) is 0.504. The summed E-state index contributed by atoms with van der Waals surface area (Å²) in [5, 5.41) is 4.49. The number of carbonyl (C=O) groups is 1.